The van der Waals surface area contributed by atoms with Gasteiger partial charge in [-0.1, -0.05) is 48.5 Å². The van der Waals surface area contributed by atoms with Gasteiger partial charge in [-0.3, -0.25) is 4.98 Å². The average molecular weight is 331 g/mol. The molecule has 6 rings (SSSR count). The first-order valence-electron chi connectivity index (χ1n) is 8.80. The largest absolute Gasteiger partial charge is 0.359 e. The Morgan fingerprint density at radius 1 is 0.654 bits per heavy atom. The molecule has 0 fully saturated rings. The first kappa shape index (κ1) is 13.8. The van der Waals surface area contributed by atoms with Crippen molar-refractivity contribution in [3.8, 4) is 22.3 Å². The van der Waals surface area contributed by atoms with Crippen molar-refractivity contribution in [2.45, 2.75) is 0 Å². The van der Waals surface area contributed by atoms with Crippen LogP contribution in [0.5, 0.6) is 0 Å². The monoisotopic (exact) mass is 331 g/mol. The predicted molar refractivity (Wildman–Crippen MR) is 107 cm³/mol. The summed E-state index contributed by atoms with van der Waals surface area (Å²) in [6.07, 6.45) is 5.71. The number of benzene rings is 2. The maximum Gasteiger partial charge on any atom is 0.330 e. The lowest BCUT2D eigenvalue weighted by atomic mass is 9.43. The van der Waals surface area contributed by atoms with Crippen molar-refractivity contribution in [1.29, 1.82) is 0 Å². The molecule has 0 spiro atoms. The van der Waals surface area contributed by atoms with Gasteiger partial charge in [0.05, 0.1) is 11.9 Å². The number of hydrogen-bond donors (Lipinski definition) is 0. The fourth-order valence-corrected chi connectivity index (χ4v) is 4.39. The van der Waals surface area contributed by atoms with Gasteiger partial charge in [-0.25, -0.2) is 4.98 Å². The molecule has 4 heteroatoms. The summed E-state index contributed by atoms with van der Waals surface area (Å²) in [6.45, 7) is 0.113. The molecule has 0 unspecified atom stereocenters. The van der Waals surface area contributed by atoms with Crippen molar-refractivity contribution in [1.82, 2.24) is 9.97 Å². The van der Waals surface area contributed by atoms with Gasteiger partial charge in [-0.2, -0.15) is 0 Å². The van der Waals surface area contributed by atoms with E-state index >= 15 is 0 Å². The standard InChI is InChI=1S/C22H14BN3/c1-3-9-19-15(6-1)17-11-13-24-14-21(17)26-22-18(8-5-12-25-22)16-7-2-4-10-20(16)23(19)26/h1-14H. The number of pyridine rings is 2. The van der Waals surface area contributed by atoms with Gasteiger partial charge < -0.3 is 4.81 Å². The normalized spacial score (nSPS) is 13.2. The van der Waals surface area contributed by atoms with Crippen LogP contribution in [-0.2, 0) is 0 Å². The Hall–Kier alpha value is -3.40. The van der Waals surface area contributed by atoms with E-state index in [-0.39, 0.29) is 6.85 Å². The molecule has 2 aromatic carbocycles. The third-order valence-corrected chi connectivity index (χ3v) is 5.42. The van der Waals surface area contributed by atoms with E-state index in [0.717, 1.165) is 11.5 Å². The molecule has 0 saturated heterocycles. The molecule has 3 nitrogen and oxygen atoms in total. The molecule has 2 aromatic heterocycles. The summed E-state index contributed by atoms with van der Waals surface area (Å²) in [5.41, 5.74) is 8.67. The lowest BCUT2D eigenvalue weighted by Gasteiger charge is -2.41. The molecule has 4 heterocycles. The van der Waals surface area contributed by atoms with Crippen molar-refractivity contribution in [2.75, 3.05) is 4.81 Å². The molecule has 0 amide bonds. The number of aromatic nitrogens is 2. The van der Waals surface area contributed by atoms with E-state index in [0.29, 0.717) is 0 Å². The van der Waals surface area contributed by atoms with Gasteiger partial charge in [0.2, 0.25) is 0 Å². The van der Waals surface area contributed by atoms with E-state index in [1.165, 1.54) is 33.2 Å². The van der Waals surface area contributed by atoms with Crippen molar-refractivity contribution >= 4 is 29.3 Å². The maximum absolute atomic E-state index is 4.77. The molecule has 2 aliphatic heterocycles. The Kier molecular flexibility index (Phi) is 2.69. The van der Waals surface area contributed by atoms with E-state index in [1.54, 1.807) is 0 Å². The highest BCUT2D eigenvalue weighted by atomic mass is 15.2. The first-order chi connectivity index (χ1) is 12.9. The molecule has 120 valence electrons. The third kappa shape index (κ3) is 1.68. The Balaban J connectivity index is 1.77. The molecule has 0 N–H and O–H groups in total. The number of hydrogen-bond acceptors (Lipinski definition) is 3. The lowest BCUT2D eigenvalue weighted by molar-refractivity contribution is 1.20. The van der Waals surface area contributed by atoms with Gasteiger partial charge in [-0.05, 0) is 40.3 Å². The summed E-state index contributed by atoms with van der Waals surface area (Å²) in [6, 6.07) is 23.6. The SMILES string of the molecule is c1ccc2c(c1)B1c3ccccc3-c3cccnc3N1c1cnccc1-2. The predicted octanol–water partition coefficient (Wildman–Crippen LogP) is 3.38. The number of rotatable bonds is 0. The van der Waals surface area contributed by atoms with Crippen LogP contribution in [0.3, 0.4) is 0 Å². The van der Waals surface area contributed by atoms with E-state index in [9.17, 15) is 0 Å². The van der Waals surface area contributed by atoms with Crippen molar-refractivity contribution in [3.63, 3.8) is 0 Å². The molecule has 4 aromatic rings. The smallest absolute Gasteiger partial charge is 0.330 e. The van der Waals surface area contributed by atoms with Crippen LogP contribution in [0.2, 0.25) is 0 Å². The highest BCUT2D eigenvalue weighted by Gasteiger charge is 2.42. The zero-order valence-corrected chi connectivity index (χ0v) is 14.0. The van der Waals surface area contributed by atoms with Gasteiger partial charge in [0.1, 0.15) is 5.82 Å². The van der Waals surface area contributed by atoms with Gasteiger partial charge in [-0.15, -0.1) is 0 Å². The second-order valence-electron chi connectivity index (χ2n) is 6.71. The molecule has 0 saturated carbocycles. The second kappa shape index (κ2) is 5.05. The second-order valence-corrected chi connectivity index (χ2v) is 6.71. The summed E-state index contributed by atoms with van der Waals surface area (Å²) >= 11 is 0. The Bertz CT molecular complexity index is 987. The summed E-state index contributed by atoms with van der Waals surface area (Å²) in [5.74, 6) is 1.000. The summed E-state index contributed by atoms with van der Waals surface area (Å²) < 4.78 is 0. The van der Waals surface area contributed by atoms with E-state index in [4.69, 9.17) is 4.98 Å². The summed E-state index contributed by atoms with van der Waals surface area (Å²) in [4.78, 5) is 11.5. The number of anilines is 2. The summed E-state index contributed by atoms with van der Waals surface area (Å²) in [5, 5.41) is 0. The Labute approximate surface area is 152 Å². The molecule has 26 heavy (non-hydrogen) atoms. The molecule has 0 radical (unpaired) electrons. The highest BCUT2D eigenvalue weighted by molar-refractivity contribution is 6.92. The van der Waals surface area contributed by atoms with Crippen LogP contribution in [0, 0.1) is 0 Å². The van der Waals surface area contributed by atoms with Crippen molar-refractivity contribution in [3.05, 3.63) is 85.3 Å². The van der Waals surface area contributed by atoms with Crippen LogP contribution in [-0.4, -0.2) is 16.8 Å². The first-order valence-corrected chi connectivity index (χ1v) is 8.80. The van der Waals surface area contributed by atoms with E-state index in [1.807, 2.05) is 24.7 Å². The van der Waals surface area contributed by atoms with Crippen LogP contribution < -0.4 is 15.7 Å². The maximum atomic E-state index is 4.77. The molecule has 0 atom stereocenters. The topological polar surface area (TPSA) is 29.0 Å². The van der Waals surface area contributed by atoms with Crippen LogP contribution in [0.4, 0.5) is 11.5 Å². The fourth-order valence-electron chi connectivity index (χ4n) is 4.39. The fraction of sp³-hybridized carbons (Fsp3) is 0. The van der Waals surface area contributed by atoms with Gasteiger partial charge in [0.25, 0.3) is 0 Å². The molecular formula is C22H14BN3. The van der Waals surface area contributed by atoms with E-state index < -0.39 is 0 Å². The minimum atomic E-state index is 0.113. The van der Waals surface area contributed by atoms with Crippen LogP contribution in [0.1, 0.15) is 0 Å². The molecule has 2 aliphatic rings. The quantitative estimate of drug-likeness (QED) is 0.463. The molecule has 0 bridgehead atoms. The van der Waals surface area contributed by atoms with Crippen LogP contribution in [0.15, 0.2) is 85.3 Å². The molecule has 0 aliphatic carbocycles. The number of nitrogens with zero attached hydrogens (tertiary/aromatic N) is 3. The van der Waals surface area contributed by atoms with E-state index in [2.05, 4.69) is 70.5 Å². The zero-order chi connectivity index (χ0) is 17.1. The van der Waals surface area contributed by atoms with Crippen LogP contribution in [0.25, 0.3) is 22.3 Å². The Morgan fingerprint density at radius 2 is 1.35 bits per heavy atom. The average Bonchev–Trinajstić information content (AvgIpc) is 2.73. The van der Waals surface area contributed by atoms with Gasteiger partial charge in [0.15, 0.2) is 0 Å². The van der Waals surface area contributed by atoms with Gasteiger partial charge in [0, 0.05) is 23.5 Å². The van der Waals surface area contributed by atoms with Crippen molar-refractivity contribution in [2.24, 2.45) is 0 Å². The van der Waals surface area contributed by atoms with Crippen molar-refractivity contribution < 1.29 is 0 Å². The summed E-state index contributed by atoms with van der Waals surface area (Å²) in [7, 11) is 0. The molecular weight excluding hydrogens is 317 g/mol. The highest BCUT2D eigenvalue weighted by Crippen LogP contribution is 2.43. The minimum absolute atomic E-state index is 0.113. The minimum Gasteiger partial charge on any atom is -0.359 e. The van der Waals surface area contributed by atoms with Crippen LogP contribution >= 0.6 is 0 Å². The third-order valence-electron chi connectivity index (χ3n) is 5.42. The van der Waals surface area contributed by atoms with Gasteiger partial charge >= 0.3 is 6.85 Å². The lowest BCUT2D eigenvalue weighted by Crippen LogP contribution is -2.59. The number of fused-ring (bicyclic) bond motifs is 11. The zero-order valence-electron chi connectivity index (χ0n) is 14.0. The Morgan fingerprint density at radius 3 is 2.15 bits per heavy atom.